The molecule has 0 aliphatic carbocycles. The summed E-state index contributed by atoms with van der Waals surface area (Å²) in [5.74, 6) is 0.377. The van der Waals surface area contributed by atoms with Gasteiger partial charge < -0.3 is 10.1 Å². The quantitative estimate of drug-likeness (QED) is 0.701. The molecule has 1 amide bonds. The Morgan fingerprint density at radius 2 is 1.67 bits per heavy atom. The van der Waals surface area contributed by atoms with Crippen LogP contribution in [0, 0.1) is 0 Å². The number of carbonyl (C=O) groups is 2. The van der Waals surface area contributed by atoms with Gasteiger partial charge in [-0.25, -0.2) is 4.98 Å². The molecule has 0 radical (unpaired) electrons. The molecule has 5 nitrogen and oxygen atoms in total. The number of rotatable bonds is 5. The van der Waals surface area contributed by atoms with Gasteiger partial charge in [0, 0.05) is 28.4 Å². The molecule has 0 saturated carbocycles. The molecule has 24 heavy (non-hydrogen) atoms. The molecule has 2 aromatic carbocycles. The van der Waals surface area contributed by atoms with Gasteiger partial charge in [0.2, 0.25) is 0 Å². The molecule has 0 fully saturated rings. The third-order valence-corrected chi connectivity index (χ3v) is 3.93. The zero-order chi connectivity index (χ0) is 16.9. The largest absolute Gasteiger partial charge is 0.431 e. The Bertz CT molecular complexity index is 841. The van der Waals surface area contributed by atoms with Crippen LogP contribution in [0.1, 0.15) is 27.6 Å². The molecule has 0 spiro atoms. The molecule has 0 aliphatic rings. The molecule has 0 atom stereocenters. The first-order chi connectivity index (χ1) is 11.6. The van der Waals surface area contributed by atoms with Gasteiger partial charge in [0.25, 0.3) is 11.1 Å². The van der Waals surface area contributed by atoms with Crippen molar-refractivity contribution in [1.29, 1.82) is 0 Å². The van der Waals surface area contributed by atoms with Crippen LogP contribution in [0.4, 0.5) is 5.69 Å². The van der Waals surface area contributed by atoms with Crippen LogP contribution in [-0.2, 0) is 0 Å². The van der Waals surface area contributed by atoms with Crippen molar-refractivity contribution in [1.82, 2.24) is 4.98 Å². The number of hydrogen-bond acceptors (Lipinski definition) is 5. The number of hydrogen-bond donors (Lipinski definition) is 1. The van der Waals surface area contributed by atoms with Crippen molar-refractivity contribution in [3.63, 3.8) is 0 Å². The number of aromatic nitrogens is 1. The van der Waals surface area contributed by atoms with Crippen LogP contribution in [0.15, 0.2) is 60.1 Å². The molecule has 120 valence electrons. The van der Waals surface area contributed by atoms with E-state index in [2.05, 4.69) is 10.3 Å². The Labute approximate surface area is 142 Å². The highest BCUT2D eigenvalue weighted by Crippen LogP contribution is 2.23. The van der Waals surface area contributed by atoms with Crippen LogP contribution in [0.25, 0.3) is 0 Å². The van der Waals surface area contributed by atoms with Crippen molar-refractivity contribution >= 4 is 28.7 Å². The third-order valence-electron chi connectivity index (χ3n) is 3.28. The number of amides is 1. The summed E-state index contributed by atoms with van der Waals surface area (Å²) in [5, 5.41) is 5.17. The lowest BCUT2D eigenvalue weighted by molar-refractivity contribution is 0.101. The second kappa shape index (κ2) is 7.06. The van der Waals surface area contributed by atoms with Gasteiger partial charge in [-0.3, -0.25) is 9.59 Å². The molecular formula is C18H14N2O3S. The van der Waals surface area contributed by atoms with E-state index >= 15 is 0 Å². The fraction of sp³-hybridized carbons (Fsp3) is 0.0556. The molecule has 0 saturated heterocycles. The lowest BCUT2D eigenvalue weighted by Gasteiger charge is -2.07. The topological polar surface area (TPSA) is 68.3 Å². The monoisotopic (exact) mass is 338 g/mol. The van der Waals surface area contributed by atoms with E-state index in [0.29, 0.717) is 27.8 Å². The maximum atomic E-state index is 12.2. The normalized spacial score (nSPS) is 10.2. The molecule has 0 aliphatic heterocycles. The van der Waals surface area contributed by atoms with Gasteiger partial charge in [-0.05, 0) is 55.5 Å². The molecule has 0 unspecified atom stereocenters. The predicted octanol–water partition coefficient (Wildman–Crippen LogP) is 4.39. The minimum Gasteiger partial charge on any atom is -0.431 e. The van der Waals surface area contributed by atoms with Crippen LogP contribution < -0.4 is 10.1 Å². The van der Waals surface area contributed by atoms with E-state index in [0.717, 1.165) is 0 Å². The van der Waals surface area contributed by atoms with Crippen molar-refractivity contribution in [3.05, 3.63) is 71.2 Å². The summed E-state index contributed by atoms with van der Waals surface area (Å²) >= 11 is 1.40. The molecule has 6 heteroatoms. The number of ketones is 1. The zero-order valence-corrected chi connectivity index (χ0v) is 13.7. The average Bonchev–Trinajstić information content (AvgIpc) is 3.09. The zero-order valence-electron chi connectivity index (χ0n) is 12.9. The molecular weight excluding hydrogens is 324 g/mol. The fourth-order valence-corrected chi connectivity index (χ4v) is 2.53. The number of nitrogens with one attached hydrogen (secondary N) is 1. The Balaban J connectivity index is 1.65. The Hall–Kier alpha value is -2.99. The van der Waals surface area contributed by atoms with E-state index < -0.39 is 0 Å². The molecule has 1 N–H and O–H groups in total. The Kier molecular flexibility index (Phi) is 4.67. The van der Waals surface area contributed by atoms with Crippen molar-refractivity contribution < 1.29 is 14.3 Å². The molecule has 1 aromatic heterocycles. The van der Waals surface area contributed by atoms with Crippen LogP contribution in [0.3, 0.4) is 0 Å². The van der Waals surface area contributed by atoms with E-state index in [1.54, 1.807) is 54.7 Å². The van der Waals surface area contributed by atoms with E-state index in [1.165, 1.54) is 18.3 Å². The number of thiazole rings is 1. The Morgan fingerprint density at radius 3 is 2.25 bits per heavy atom. The van der Waals surface area contributed by atoms with Gasteiger partial charge in [0.15, 0.2) is 5.78 Å². The van der Waals surface area contributed by atoms with Gasteiger partial charge in [0.1, 0.15) is 5.75 Å². The SMILES string of the molecule is CC(=O)c1ccc(NC(=O)c2ccc(Oc3nccs3)cc2)cc1. The molecule has 3 rings (SSSR count). The molecule has 1 heterocycles. The minimum absolute atomic E-state index is 0.0105. The summed E-state index contributed by atoms with van der Waals surface area (Å²) in [6.45, 7) is 1.50. The molecule has 0 bridgehead atoms. The first-order valence-corrected chi connectivity index (χ1v) is 8.09. The van der Waals surface area contributed by atoms with E-state index in [9.17, 15) is 9.59 Å². The van der Waals surface area contributed by atoms with Crippen LogP contribution >= 0.6 is 11.3 Å². The number of benzene rings is 2. The second-order valence-corrected chi connectivity index (χ2v) is 5.87. The van der Waals surface area contributed by atoms with Gasteiger partial charge in [0.05, 0.1) is 0 Å². The average molecular weight is 338 g/mol. The van der Waals surface area contributed by atoms with Gasteiger partial charge >= 0.3 is 0 Å². The number of anilines is 1. The second-order valence-electron chi connectivity index (χ2n) is 5.01. The van der Waals surface area contributed by atoms with Crippen LogP contribution in [0.2, 0.25) is 0 Å². The van der Waals surface area contributed by atoms with Crippen molar-refractivity contribution in [2.45, 2.75) is 6.92 Å². The summed E-state index contributed by atoms with van der Waals surface area (Å²) in [5.41, 5.74) is 1.75. The van der Waals surface area contributed by atoms with Crippen molar-refractivity contribution in [2.24, 2.45) is 0 Å². The maximum absolute atomic E-state index is 12.2. The molecule has 3 aromatic rings. The first kappa shape index (κ1) is 15.9. The summed E-state index contributed by atoms with van der Waals surface area (Å²) in [7, 11) is 0. The van der Waals surface area contributed by atoms with Crippen LogP contribution in [0.5, 0.6) is 10.9 Å². The summed E-state index contributed by atoms with van der Waals surface area (Å²) < 4.78 is 5.55. The number of ether oxygens (including phenoxy) is 1. The van der Waals surface area contributed by atoms with E-state index in [1.807, 2.05) is 5.38 Å². The summed E-state index contributed by atoms with van der Waals surface area (Å²) in [6, 6.07) is 13.6. The van der Waals surface area contributed by atoms with Gasteiger partial charge in [-0.15, -0.1) is 0 Å². The fourth-order valence-electron chi connectivity index (χ4n) is 2.03. The van der Waals surface area contributed by atoms with E-state index in [4.69, 9.17) is 4.74 Å². The van der Waals surface area contributed by atoms with E-state index in [-0.39, 0.29) is 11.7 Å². The lowest BCUT2D eigenvalue weighted by atomic mass is 10.1. The first-order valence-electron chi connectivity index (χ1n) is 7.21. The number of nitrogens with zero attached hydrogens (tertiary/aromatic N) is 1. The summed E-state index contributed by atoms with van der Waals surface area (Å²) in [6.07, 6.45) is 1.67. The smallest absolute Gasteiger partial charge is 0.278 e. The highest BCUT2D eigenvalue weighted by molar-refractivity contribution is 7.11. The van der Waals surface area contributed by atoms with Gasteiger partial charge in [-0.1, -0.05) is 11.3 Å². The summed E-state index contributed by atoms with van der Waals surface area (Å²) in [4.78, 5) is 27.5. The predicted molar refractivity (Wildman–Crippen MR) is 93.0 cm³/mol. The third kappa shape index (κ3) is 3.85. The number of Topliss-reactive ketones (excluding diaryl/α,β-unsaturated/α-hetero) is 1. The Morgan fingerprint density at radius 1 is 1.00 bits per heavy atom. The van der Waals surface area contributed by atoms with Crippen molar-refractivity contribution in [3.8, 4) is 10.9 Å². The van der Waals surface area contributed by atoms with Crippen molar-refractivity contribution in [2.75, 3.05) is 5.32 Å². The van der Waals surface area contributed by atoms with Gasteiger partial charge in [-0.2, -0.15) is 0 Å². The lowest BCUT2D eigenvalue weighted by Crippen LogP contribution is -2.11. The minimum atomic E-state index is -0.230. The highest BCUT2D eigenvalue weighted by atomic mass is 32.1. The maximum Gasteiger partial charge on any atom is 0.278 e. The standard InChI is InChI=1S/C18H14N2O3S/c1-12(21)13-2-6-15(7-3-13)20-17(22)14-4-8-16(9-5-14)23-18-19-10-11-24-18/h2-11H,1H3,(H,20,22). The number of carbonyl (C=O) groups excluding carboxylic acids is 2. The highest BCUT2D eigenvalue weighted by Gasteiger charge is 2.08. The van der Waals surface area contributed by atoms with Crippen LogP contribution in [-0.4, -0.2) is 16.7 Å².